The van der Waals surface area contributed by atoms with E-state index in [0.717, 1.165) is 24.2 Å². The average molecular weight is 304 g/mol. The minimum atomic E-state index is -3.60. The van der Waals surface area contributed by atoms with E-state index in [-0.39, 0.29) is 10.8 Å². The Kier molecular flexibility index (Phi) is 4.20. The van der Waals surface area contributed by atoms with Crippen molar-refractivity contribution in [3.8, 4) is 0 Å². The summed E-state index contributed by atoms with van der Waals surface area (Å²) in [6.07, 6.45) is 3.20. The van der Waals surface area contributed by atoms with Gasteiger partial charge in [-0.25, -0.2) is 13.1 Å². The zero-order chi connectivity index (χ0) is 14.1. The number of sulfonamides is 1. The van der Waals surface area contributed by atoms with E-state index in [1.165, 1.54) is 6.07 Å². The molecule has 5 nitrogen and oxygen atoms in total. The van der Waals surface area contributed by atoms with Crippen LogP contribution in [0.3, 0.4) is 0 Å². The lowest BCUT2D eigenvalue weighted by molar-refractivity contribution is 0.125. The molecule has 7 heteroatoms. The van der Waals surface area contributed by atoms with Crippen molar-refractivity contribution >= 4 is 27.0 Å². The maximum atomic E-state index is 12.3. The van der Waals surface area contributed by atoms with Crippen molar-refractivity contribution < 1.29 is 13.5 Å². The van der Waals surface area contributed by atoms with Gasteiger partial charge < -0.3 is 10.8 Å². The predicted octanol–water partition coefficient (Wildman–Crippen LogP) is 1.55. The van der Waals surface area contributed by atoms with Gasteiger partial charge in [0.25, 0.3) is 10.0 Å². The Balaban J connectivity index is 2.18. The molecule has 1 saturated carbocycles. The monoisotopic (exact) mass is 304 g/mol. The number of aliphatic hydroxyl groups is 1. The van der Waals surface area contributed by atoms with Gasteiger partial charge in [-0.3, -0.25) is 0 Å². The van der Waals surface area contributed by atoms with Gasteiger partial charge in [0, 0.05) is 11.1 Å². The maximum absolute atomic E-state index is 12.3. The van der Waals surface area contributed by atoms with E-state index < -0.39 is 15.6 Å². The first-order valence-electron chi connectivity index (χ1n) is 6.36. The van der Waals surface area contributed by atoms with Crippen molar-refractivity contribution in [2.45, 2.75) is 42.4 Å². The van der Waals surface area contributed by atoms with Crippen molar-refractivity contribution in [3.05, 3.63) is 11.4 Å². The van der Waals surface area contributed by atoms with Crippen molar-refractivity contribution in [1.82, 2.24) is 4.72 Å². The maximum Gasteiger partial charge on any atom is 0.250 e. The number of nitrogen functional groups attached to an aromatic ring is 1. The van der Waals surface area contributed by atoms with Crippen molar-refractivity contribution in [3.63, 3.8) is 0 Å². The van der Waals surface area contributed by atoms with E-state index in [0.29, 0.717) is 24.4 Å². The summed E-state index contributed by atoms with van der Waals surface area (Å²) in [5, 5.41) is 11.2. The SMILES string of the molecule is CC1CCC(CO)(NS(=O)(=O)c2cc(N)cs2)CC1. The zero-order valence-corrected chi connectivity index (χ0v) is 12.6. The summed E-state index contributed by atoms with van der Waals surface area (Å²) >= 11 is 1.10. The molecule has 1 aromatic heterocycles. The first kappa shape index (κ1) is 14.8. The van der Waals surface area contributed by atoms with Gasteiger partial charge in [0.1, 0.15) is 4.21 Å². The third kappa shape index (κ3) is 3.28. The van der Waals surface area contributed by atoms with Gasteiger partial charge in [0.05, 0.1) is 12.1 Å². The number of aliphatic hydroxyl groups excluding tert-OH is 1. The van der Waals surface area contributed by atoms with E-state index in [1.54, 1.807) is 5.38 Å². The van der Waals surface area contributed by atoms with Crippen LogP contribution in [0.4, 0.5) is 5.69 Å². The lowest BCUT2D eigenvalue weighted by Gasteiger charge is -2.38. The number of nitrogens with two attached hydrogens (primary N) is 1. The third-order valence-electron chi connectivity index (χ3n) is 3.75. The van der Waals surface area contributed by atoms with Crippen LogP contribution in [0.1, 0.15) is 32.6 Å². The van der Waals surface area contributed by atoms with E-state index in [4.69, 9.17) is 5.73 Å². The van der Waals surface area contributed by atoms with Crippen LogP contribution < -0.4 is 10.5 Å². The summed E-state index contributed by atoms with van der Waals surface area (Å²) in [7, 11) is -3.60. The molecule has 0 aliphatic heterocycles. The summed E-state index contributed by atoms with van der Waals surface area (Å²) in [5.74, 6) is 0.585. The second-order valence-electron chi connectivity index (χ2n) is 5.43. The number of thiophene rings is 1. The lowest BCUT2D eigenvalue weighted by atomic mass is 9.78. The average Bonchev–Trinajstić information content (AvgIpc) is 2.80. The predicted molar refractivity (Wildman–Crippen MR) is 76.5 cm³/mol. The molecule has 2 rings (SSSR count). The minimum absolute atomic E-state index is 0.167. The van der Waals surface area contributed by atoms with E-state index in [2.05, 4.69) is 11.6 Å². The molecule has 0 aromatic carbocycles. The number of anilines is 1. The lowest BCUT2D eigenvalue weighted by Crippen LogP contribution is -2.53. The van der Waals surface area contributed by atoms with Crippen LogP contribution in [0.2, 0.25) is 0 Å². The summed E-state index contributed by atoms with van der Waals surface area (Å²) in [6, 6.07) is 1.45. The molecule has 1 aliphatic rings. The van der Waals surface area contributed by atoms with E-state index in [9.17, 15) is 13.5 Å². The molecule has 1 fully saturated rings. The summed E-state index contributed by atoms with van der Waals surface area (Å²) < 4.78 is 27.5. The number of hydrogen-bond donors (Lipinski definition) is 3. The molecule has 4 N–H and O–H groups in total. The first-order chi connectivity index (χ1) is 8.87. The molecule has 0 spiro atoms. The van der Waals surface area contributed by atoms with Crippen molar-refractivity contribution in [2.75, 3.05) is 12.3 Å². The molecule has 0 bridgehead atoms. The Morgan fingerprint density at radius 2 is 2.16 bits per heavy atom. The Labute approximate surface area is 117 Å². The molecule has 0 unspecified atom stereocenters. The van der Waals surface area contributed by atoms with E-state index in [1.807, 2.05) is 0 Å². The highest BCUT2D eigenvalue weighted by Gasteiger charge is 2.38. The highest BCUT2D eigenvalue weighted by molar-refractivity contribution is 7.91. The van der Waals surface area contributed by atoms with Crippen LogP contribution in [-0.2, 0) is 10.0 Å². The number of rotatable bonds is 4. The second kappa shape index (κ2) is 5.40. The Bertz CT molecular complexity index is 531. The van der Waals surface area contributed by atoms with Gasteiger partial charge in [0.2, 0.25) is 0 Å². The summed E-state index contributed by atoms with van der Waals surface area (Å²) in [6.45, 7) is 1.98. The van der Waals surface area contributed by atoms with Gasteiger partial charge in [-0.15, -0.1) is 11.3 Å². The molecule has 0 atom stereocenters. The van der Waals surface area contributed by atoms with Gasteiger partial charge in [-0.1, -0.05) is 6.92 Å². The number of nitrogens with one attached hydrogen (secondary N) is 1. The molecule has 19 heavy (non-hydrogen) atoms. The van der Waals surface area contributed by atoms with Gasteiger partial charge in [-0.2, -0.15) is 0 Å². The van der Waals surface area contributed by atoms with Crippen molar-refractivity contribution in [2.24, 2.45) is 5.92 Å². The molecule has 108 valence electrons. The quantitative estimate of drug-likeness (QED) is 0.787. The molecule has 0 radical (unpaired) electrons. The Morgan fingerprint density at radius 1 is 1.53 bits per heavy atom. The van der Waals surface area contributed by atoms with Crippen LogP contribution in [0.25, 0.3) is 0 Å². The van der Waals surface area contributed by atoms with E-state index >= 15 is 0 Å². The second-order valence-corrected chi connectivity index (χ2v) is 8.25. The largest absolute Gasteiger partial charge is 0.398 e. The summed E-state index contributed by atoms with van der Waals surface area (Å²) in [5.41, 5.74) is 5.29. The highest BCUT2D eigenvalue weighted by Crippen LogP contribution is 2.33. The summed E-state index contributed by atoms with van der Waals surface area (Å²) in [4.78, 5) is 0. The molecule has 1 heterocycles. The zero-order valence-electron chi connectivity index (χ0n) is 10.9. The fourth-order valence-electron chi connectivity index (χ4n) is 2.41. The standard InChI is InChI=1S/C12H20N2O3S2/c1-9-2-4-12(8-15,5-3-9)14-19(16,17)11-6-10(13)7-18-11/h6-7,9,14-15H,2-5,8,13H2,1H3. The fourth-order valence-corrected chi connectivity index (χ4v) is 4.94. The molecule has 1 aliphatic carbocycles. The normalized spacial score (nSPS) is 28.4. The topological polar surface area (TPSA) is 92.4 Å². The molecular weight excluding hydrogens is 284 g/mol. The van der Waals surface area contributed by atoms with Gasteiger partial charge >= 0.3 is 0 Å². The van der Waals surface area contributed by atoms with Crippen LogP contribution in [-0.4, -0.2) is 25.7 Å². The van der Waals surface area contributed by atoms with Crippen LogP contribution in [0, 0.1) is 5.92 Å². The molecule has 1 aromatic rings. The number of hydrogen-bond acceptors (Lipinski definition) is 5. The van der Waals surface area contributed by atoms with Crippen LogP contribution in [0.5, 0.6) is 0 Å². The molecule has 0 saturated heterocycles. The molecule has 0 amide bonds. The van der Waals surface area contributed by atoms with Gasteiger partial charge in [-0.05, 0) is 37.7 Å². The third-order valence-corrected chi connectivity index (χ3v) is 6.78. The fraction of sp³-hybridized carbons (Fsp3) is 0.667. The minimum Gasteiger partial charge on any atom is -0.398 e. The first-order valence-corrected chi connectivity index (χ1v) is 8.72. The Morgan fingerprint density at radius 3 is 2.63 bits per heavy atom. The smallest absolute Gasteiger partial charge is 0.250 e. The van der Waals surface area contributed by atoms with Crippen LogP contribution >= 0.6 is 11.3 Å². The van der Waals surface area contributed by atoms with Gasteiger partial charge in [0.15, 0.2) is 0 Å². The van der Waals surface area contributed by atoms with Crippen molar-refractivity contribution in [1.29, 1.82) is 0 Å². The molecular formula is C12H20N2O3S2. The highest BCUT2D eigenvalue weighted by atomic mass is 32.2. The van der Waals surface area contributed by atoms with Crippen LogP contribution in [0.15, 0.2) is 15.7 Å². The Hall–Kier alpha value is -0.630.